The summed E-state index contributed by atoms with van der Waals surface area (Å²) < 4.78 is 39.3. The van der Waals surface area contributed by atoms with Crippen LogP contribution in [0.5, 0.6) is 5.88 Å². The first-order valence-electron chi connectivity index (χ1n) is 17.5. The minimum Gasteiger partial charge on any atom is -0.472 e. The van der Waals surface area contributed by atoms with Gasteiger partial charge in [0.2, 0.25) is 32.9 Å². The number of hydrazine groups is 2. The summed E-state index contributed by atoms with van der Waals surface area (Å²) in [7, 11) is -2.18. The Kier molecular flexibility index (Phi) is 11.1. The van der Waals surface area contributed by atoms with Crippen molar-refractivity contribution >= 4 is 62.4 Å². The van der Waals surface area contributed by atoms with Gasteiger partial charge in [0.05, 0.1) is 11.8 Å². The number of thioether (sulfide) groups is 1. The van der Waals surface area contributed by atoms with Crippen molar-refractivity contribution in [3.8, 4) is 5.88 Å². The predicted octanol–water partition coefficient (Wildman–Crippen LogP) is 1.55. The molecule has 290 valence electrons. The van der Waals surface area contributed by atoms with E-state index in [0.717, 1.165) is 37.4 Å². The van der Waals surface area contributed by atoms with Crippen LogP contribution in [-0.4, -0.2) is 106 Å². The predicted molar refractivity (Wildman–Crippen MR) is 193 cm³/mol. The van der Waals surface area contributed by atoms with Gasteiger partial charge in [0.15, 0.2) is 5.16 Å². The summed E-state index contributed by atoms with van der Waals surface area (Å²) in [5.41, 5.74) is 3.00. The minimum atomic E-state index is -3.91. The molecule has 5 aliphatic rings. The fourth-order valence-electron chi connectivity index (χ4n) is 6.62. The summed E-state index contributed by atoms with van der Waals surface area (Å²) in [5.74, 6) is -2.60. The van der Waals surface area contributed by atoms with Crippen LogP contribution < -0.4 is 31.2 Å². The van der Waals surface area contributed by atoms with Crippen molar-refractivity contribution in [1.82, 2.24) is 46.3 Å². The Morgan fingerprint density at radius 2 is 1.87 bits per heavy atom. The summed E-state index contributed by atoms with van der Waals surface area (Å²) in [4.78, 5) is 65.2. The fraction of sp³-hybridized carbons (Fsp3) is 0.656. The first kappa shape index (κ1) is 38.8. The van der Waals surface area contributed by atoms with Crippen molar-refractivity contribution in [3.63, 3.8) is 0 Å². The van der Waals surface area contributed by atoms with Crippen LogP contribution in [0.2, 0.25) is 5.15 Å². The molecule has 1 aromatic rings. The highest BCUT2D eigenvalue weighted by Gasteiger charge is 2.62. The number of nitrogens with one attached hydrogen (secondary N) is 5. The van der Waals surface area contributed by atoms with Crippen LogP contribution in [0.15, 0.2) is 29.0 Å². The first-order valence-corrected chi connectivity index (χ1v) is 20.2. The first-order chi connectivity index (χ1) is 25.0. The van der Waals surface area contributed by atoms with Gasteiger partial charge in [0, 0.05) is 25.5 Å². The van der Waals surface area contributed by atoms with E-state index in [9.17, 15) is 27.6 Å². The van der Waals surface area contributed by atoms with Crippen molar-refractivity contribution in [1.29, 1.82) is 0 Å². The highest BCUT2D eigenvalue weighted by Crippen LogP contribution is 2.45. The van der Waals surface area contributed by atoms with Gasteiger partial charge in [-0.15, -0.1) is 17.2 Å². The number of sulfonamides is 1. The van der Waals surface area contributed by atoms with Crippen LogP contribution >= 0.6 is 23.4 Å². The molecule has 4 amide bonds. The number of likely N-dealkylation sites (tertiary alicyclic amines) is 1. The van der Waals surface area contributed by atoms with Gasteiger partial charge in [-0.2, -0.15) is 4.98 Å². The Hall–Kier alpha value is -3.88. The molecule has 21 heteroatoms. The normalized spacial score (nSPS) is 26.3. The number of hydrazone groups is 1. The van der Waals surface area contributed by atoms with Gasteiger partial charge in [-0.1, -0.05) is 38.4 Å². The maximum absolute atomic E-state index is 14.5. The Labute approximate surface area is 317 Å². The molecule has 3 saturated carbocycles. The molecule has 0 bridgehead atoms. The van der Waals surface area contributed by atoms with E-state index in [1.807, 2.05) is 0 Å². The molecule has 18 nitrogen and oxygen atoms in total. The summed E-state index contributed by atoms with van der Waals surface area (Å²) >= 11 is 7.43. The van der Waals surface area contributed by atoms with Crippen LogP contribution in [0.25, 0.3) is 0 Å². The van der Waals surface area contributed by atoms with E-state index in [1.54, 1.807) is 32.8 Å². The second kappa shape index (κ2) is 15.1. The van der Waals surface area contributed by atoms with Gasteiger partial charge in [0.1, 0.15) is 35.0 Å². The fourth-order valence-corrected chi connectivity index (χ4v) is 8.92. The molecule has 0 unspecified atom stereocenters. The average Bonchev–Trinajstić information content (AvgIpc) is 3.89. The number of nitrogens with zero attached hydrogens (tertiary/aromatic N) is 5. The average molecular weight is 797 g/mol. The number of halogens is 1. The van der Waals surface area contributed by atoms with E-state index in [0.29, 0.717) is 18.0 Å². The second-order valence-electron chi connectivity index (χ2n) is 15.0. The van der Waals surface area contributed by atoms with Crippen LogP contribution in [-0.2, 0) is 29.1 Å². The maximum Gasteiger partial charge on any atom is 0.408 e. The number of carbonyl (C=O) groups is 4. The summed E-state index contributed by atoms with van der Waals surface area (Å²) in [6, 6.07) is -0.902. The number of ether oxygens (including phenoxy) is 2. The minimum absolute atomic E-state index is 0.0365. The smallest absolute Gasteiger partial charge is 0.408 e. The third-order valence-electron chi connectivity index (χ3n) is 9.83. The molecule has 1 aromatic heterocycles. The molecular weight excluding hydrogens is 752 g/mol. The zero-order chi connectivity index (χ0) is 38.3. The number of hydrogen-bond donors (Lipinski definition) is 5. The van der Waals surface area contributed by atoms with Gasteiger partial charge < -0.3 is 25.0 Å². The zero-order valence-electron chi connectivity index (χ0n) is 29.9. The number of hydrogen-bond acceptors (Lipinski definition) is 15. The van der Waals surface area contributed by atoms with Crippen LogP contribution in [0.3, 0.4) is 0 Å². The SMILES string of the molecule is C=C[C@@H]1C[C@]1(NC(=O)[C@@H]1C[C@@H](Oc2cc(Cl)nc(SC3=NNNN3C)n2)CN1C(=O)[C@@H](NC(=O)OC1CCCC1)C(C)(C)C)C(=O)NS(=O)(=O)C1CC1. The number of amidine groups is 1. The van der Waals surface area contributed by atoms with Crippen molar-refractivity contribution < 1.29 is 37.1 Å². The maximum atomic E-state index is 14.5. The number of aromatic nitrogens is 2. The van der Waals surface area contributed by atoms with Crippen LogP contribution in [0.4, 0.5) is 4.79 Å². The number of amides is 4. The zero-order valence-corrected chi connectivity index (χ0v) is 32.3. The highest BCUT2D eigenvalue weighted by atomic mass is 35.5. The Morgan fingerprint density at radius 1 is 1.15 bits per heavy atom. The van der Waals surface area contributed by atoms with Crippen molar-refractivity contribution in [2.45, 2.75) is 112 Å². The molecular formula is C32H45ClN10O8S2. The lowest BCUT2D eigenvalue weighted by Gasteiger charge is -2.35. The third-order valence-corrected chi connectivity index (χ3v) is 12.8. The molecule has 6 rings (SSSR count). The van der Waals surface area contributed by atoms with E-state index < -0.39 is 74.1 Å². The quantitative estimate of drug-likeness (QED) is 0.115. The molecule has 3 heterocycles. The highest BCUT2D eigenvalue weighted by molar-refractivity contribution is 8.13. The number of carbonyl (C=O) groups excluding carboxylic acids is 4. The van der Waals surface area contributed by atoms with E-state index in [-0.39, 0.29) is 41.7 Å². The Balaban J connectivity index is 1.24. The standard InChI is InChI=1S/C32H45ClN10O8S2/c1-6-17-15-32(17,27(46)39-53(48,49)20-11-12-20)37-25(44)21-13-19(50-23-14-22(33)34-28(35-23)52-29-38-40-41-42(29)5)16-43(21)26(45)24(31(2,3)4)36-30(47)51-18-9-7-8-10-18/h6,14,17-21,24,40-41H,1,7-13,15-16H2,2-5H3,(H,36,47)(H,37,44)(H,39,46)/t17-,19-,21+,24-,32-/m1/s1. The lowest BCUT2D eigenvalue weighted by atomic mass is 9.85. The van der Waals surface area contributed by atoms with Crippen molar-refractivity contribution in [3.05, 3.63) is 23.9 Å². The molecule has 0 aromatic carbocycles. The van der Waals surface area contributed by atoms with E-state index in [1.165, 1.54) is 17.0 Å². The molecule has 3 aliphatic carbocycles. The van der Waals surface area contributed by atoms with Crippen LogP contribution in [0.1, 0.15) is 72.1 Å². The van der Waals surface area contributed by atoms with Gasteiger partial charge >= 0.3 is 6.09 Å². The lowest BCUT2D eigenvalue weighted by Crippen LogP contribution is -2.60. The lowest BCUT2D eigenvalue weighted by molar-refractivity contribution is -0.143. The second-order valence-corrected chi connectivity index (χ2v) is 18.3. The van der Waals surface area contributed by atoms with Gasteiger partial charge in [-0.25, -0.2) is 23.7 Å². The summed E-state index contributed by atoms with van der Waals surface area (Å²) in [6.07, 6.45) is 4.06. The van der Waals surface area contributed by atoms with Crippen LogP contribution in [0, 0.1) is 11.3 Å². The topological polar surface area (TPSA) is 226 Å². The van der Waals surface area contributed by atoms with Gasteiger partial charge in [-0.3, -0.25) is 24.1 Å². The molecule has 5 atom stereocenters. The van der Waals surface area contributed by atoms with Gasteiger partial charge in [-0.05, 0) is 62.1 Å². The molecule has 4 fully saturated rings. The van der Waals surface area contributed by atoms with E-state index in [2.05, 4.69) is 48.1 Å². The van der Waals surface area contributed by atoms with Crippen molar-refractivity contribution in [2.24, 2.45) is 16.4 Å². The van der Waals surface area contributed by atoms with Gasteiger partial charge in [0.25, 0.3) is 5.91 Å². The largest absolute Gasteiger partial charge is 0.472 e. The van der Waals surface area contributed by atoms with Crippen molar-refractivity contribution in [2.75, 3.05) is 13.6 Å². The molecule has 0 radical (unpaired) electrons. The molecule has 2 aliphatic heterocycles. The molecule has 0 spiro atoms. The number of alkyl carbamates (subject to hydrolysis) is 1. The molecule has 53 heavy (non-hydrogen) atoms. The Morgan fingerprint density at radius 3 is 2.47 bits per heavy atom. The Bertz CT molecular complexity index is 1780. The molecule has 1 saturated heterocycles. The monoisotopic (exact) mass is 796 g/mol. The summed E-state index contributed by atoms with van der Waals surface area (Å²) in [5, 5.41) is 11.3. The molecule has 5 N–H and O–H groups in total. The summed E-state index contributed by atoms with van der Waals surface area (Å²) in [6.45, 7) is 9.00. The third kappa shape index (κ3) is 8.92. The van der Waals surface area contributed by atoms with E-state index >= 15 is 0 Å². The number of rotatable bonds is 12. The van der Waals surface area contributed by atoms with E-state index in [4.69, 9.17) is 21.1 Å².